The van der Waals surface area contributed by atoms with Gasteiger partial charge in [-0.1, -0.05) is 60.7 Å². The smallest absolute Gasteiger partial charge is 0.330 e. The second kappa shape index (κ2) is 9.45. The van der Waals surface area contributed by atoms with E-state index in [9.17, 15) is 9.59 Å². The number of hydrogen-bond acceptors (Lipinski definition) is 3. The molecule has 1 aliphatic heterocycles. The number of likely N-dealkylation sites (tertiary alicyclic amines) is 1. The second-order valence-electron chi connectivity index (χ2n) is 8.69. The first-order valence-corrected chi connectivity index (χ1v) is 11.6. The van der Waals surface area contributed by atoms with Crippen LogP contribution in [0.15, 0.2) is 83.8 Å². The van der Waals surface area contributed by atoms with Gasteiger partial charge in [-0.05, 0) is 42.5 Å². The number of rotatable bonds is 6. The zero-order chi connectivity index (χ0) is 22.6. The molecule has 168 valence electrons. The Hall–Kier alpha value is -3.67. The van der Waals surface area contributed by atoms with Crippen LogP contribution < -0.4 is 5.69 Å². The SMILES string of the molecule is O=C(CCc1ccccc1)N1CCC[C@H](n2c(=O)n(Cc3ccccc3)c3cccnc32)C1. The minimum atomic E-state index is -0.0682. The molecule has 0 aliphatic carbocycles. The van der Waals surface area contributed by atoms with Crippen molar-refractivity contribution in [3.8, 4) is 0 Å². The molecule has 2 aromatic heterocycles. The monoisotopic (exact) mass is 440 g/mol. The van der Waals surface area contributed by atoms with Gasteiger partial charge in [0.2, 0.25) is 5.91 Å². The van der Waals surface area contributed by atoms with Crippen LogP contribution in [0.3, 0.4) is 0 Å². The number of pyridine rings is 1. The first-order chi connectivity index (χ1) is 16.2. The lowest BCUT2D eigenvalue weighted by Crippen LogP contribution is -2.43. The molecule has 2 aromatic carbocycles. The third-order valence-corrected chi connectivity index (χ3v) is 6.49. The highest BCUT2D eigenvalue weighted by Crippen LogP contribution is 2.25. The van der Waals surface area contributed by atoms with Crippen molar-refractivity contribution in [2.75, 3.05) is 13.1 Å². The summed E-state index contributed by atoms with van der Waals surface area (Å²) >= 11 is 0. The van der Waals surface area contributed by atoms with Gasteiger partial charge in [0, 0.05) is 25.7 Å². The predicted molar refractivity (Wildman–Crippen MR) is 129 cm³/mol. The summed E-state index contributed by atoms with van der Waals surface area (Å²) in [4.78, 5) is 33.0. The van der Waals surface area contributed by atoms with Crippen LogP contribution in [-0.2, 0) is 17.8 Å². The van der Waals surface area contributed by atoms with Crippen molar-refractivity contribution in [2.24, 2.45) is 0 Å². The van der Waals surface area contributed by atoms with E-state index in [0.29, 0.717) is 25.2 Å². The zero-order valence-corrected chi connectivity index (χ0v) is 18.6. The molecular formula is C27H28N4O2. The molecule has 6 nitrogen and oxygen atoms in total. The second-order valence-corrected chi connectivity index (χ2v) is 8.69. The summed E-state index contributed by atoms with van der Waals surface area (Å²) < 4.78 is 3.61. The van der Waals surface area contributed by atoms with Gasteiger partial charge < -0.3 is 4.90 Å². The number of aryl methyl sites for hydroxylation is 1. The number of amides is 1. The van der Waals surface area contributed by atoms with Crippen molar-refractivity contribution in [3.05, 3.63) is 101 Å². The largest absolute Gasteiger partial charge is 0.341 e. The molecule has 5 rings (SSSR count). The molecule has 0 radical (unpaired) electrons. The van der Waals surface area contributed by atoms with Crippen LogP contribution in [0.25, 0.3) is 11.2 Å². The molecule has 0 unspecified atom stereocenters. The van der Waals surface area contributed by atoms with E-state index >= 15 is 0 Å². The van der Waals surface area contributed by atoms with Gasteiger partial charge in [-0.2, -0.15) is 0 Å². The van der Waals surface area contributed by atoms with Crippen LogP contribution in [0, 0.1) is 0 Å². The highest BCUT2D eigenvalue weighted by Gasteiger charge is 2.28. The molecule has 3 heterocycles. The number of nitrogens with zero attached hydrogens (tertiary/aromatic N) is 4. The van der Waals surface area contributed by atoms with E-state index in [1.807, 2.05) is 70.1 Å². The topological polar surface area (TPSA) is 60.1 Å². The van der Waals surface area contributed by atoms with Crippen molar-refractivity contribution in [1.82, 2.24) is 19.0 Å². The summed E-state index contributed by atoms with van der Waals surface area (Å²) in [5.74, 6) is 0.151. The van der Waals surface area contributed by atoms with Crippen molar-refractivity contribution in [3.63, 3.8) is 0 Å². The van der Waals surface area contributed by atoms with E-state index in [4.69, 9.17) is 0 Å². The number of fused-ring (bicyclic) bond motifs is 1. The van der Waals surface area contributed by atoms with Crippen molar-refractivity contribution in [1.29, 1.82) is 0 Å². The maximum Gasteiger partial charge on any atom is 0.330 e. The quantitative estimate of drug-likeness (QED) is 0.455. The van der Waals surface area contributed by atoms with Gasteiger partial charge in [0.1, 0.15) is 0 Å². The molecule has 1 atom stereocenters. The average molecular weight is 441 g/mol. The van der Waals surface area contributed by atoms with E-state index < -0.39 is 0 Å². The van der Waals surface area contributed by atoms with E-state index in [2.05, 4.69) is 17.1 Å². The molecule has 1 aliphatic rings. The number of piperidine rings is 1. The van der Waals surface area contributed by atoms with Gasteiger partial charge in [-0.25, -0.2) is 9.78 Å². The van der Waals surface area contributed by atoms with Crippen LogP contribution in [0.4, 0.5) is 0 Å². The molecule has 0 N–H and O–H groups in total. The number of carbonyl (C=O) groups is 1. The van der Waals surface area contributed by atoms with Gasteiger partial charge >= 0.3 is 5.69 Å². The molecule has 33 heavy (non-hydrogen) atoms. The van der Waals surface area contributed by atoms with Crippen molar-refractivity contribution >= 4 is 17.1 Å². The summed E-state index contributed by atoms with van der Waals surface area (Å²) in [7, 11) is 0. The highest BCUT2D eigenvalue weighted by atomic mass is 16.2. The molecule has 0 spiro atoms. The van der Waals surface area contributed by atoms with E-state index in [1.165, 1.54) is 5.56 Å². The summed E-state index contributed by atoms with van der Waals surface area (Å²) in [6, 6.07) is 23.9. The predicted octanol–water partition coefficient (Wildman–Crippen LogP) is 4.04. The van der Waals surface area contributed by atoms with E-state index in [-0.39, 0.29) is 17.6 Å². The highest BCUT2D eigenvalue weighted by molar-refractivity contribution is 5.77. The number of carbonyl (C=O) groups excluding carboxylic acids is 1. The Morgan fingerprint density at radius 3 is 2.42 bits per heavy atom. The molecule has 1 fully saturated rings. The molecule has 1 saturated heterocycles. The van der Waals surface area contributed by atoms with Crippen LogP contribution in [-0.4, -0.2) is 38.0 Å². The summed E-state index contributed by atoms with van der Waals surface area (Å²) in [6.07, 6.45) is 4.70. The normalized spacial score (nSPS) is 16.2. The lowest BCUT2D eigenvalue weighted by molar-refractivity contribution is -0.132. The molecule has 0 saturated carbocycles. The maximum atomic E-state index is 13.6. The first kappa shape index (κ1) is 21.2. The Bertz CT molecular complexity index is 1290. The minimum absolute atomic E-state index is 0.0591. The average Bonchev–Trinajstić information content (AvgIpc) is 3.15. The van der Waals surface area contributed by atoms with Crippen molar-refractivity contribution in [2.45, 2.75) is 38.3 Å². The summed E-state index contributed by atoms with van der Waals surface area (Å²) in [6.45, 7) is 1.80. The van der Waals surface area contributed by atoms with Gasteiger partial charge in [0.25, 0.3) is 0 Å². The van der Waals surface area contributed by atoms with E-state index in [0.717, 1.165) is 36.9 Å². The fourth-order valence-electron chi connectivity index (χ4n) is 4.80. The molecule has 1 amide bonds. The Balaban J connectivity index is 1.39. The van der Waals surface area contributed by atoms with Crippen LogP contribution in [0.5, 0.6) is 0 Å². The number of imidazole rings is 1. The Morgan fingerprint density at radius 1 is 0.939 bits per heavy atom. The minimum Gasteiger partial charge on any atom is -0.341 e. The van der Waals surface area contributed by atoms with Gasteiger partial charge in [-0.3, -0.25) is 13.9 Å². The molecule has 4 aromatic rings. The standard InChI is InChI=1S/C27H28N4O2/c32-25(16-15-21-9-3-1-4-10-21)29-18-8-13-23(20-29)31-26-24(14-7-17-28-26)30(27(31)33)19-22-11-5-2-6-12-22/h1-7,9-12,14,17,23H,8,13,15-16,18-20H2/t23-/m0/s1. The molecule has 6 heteroatoms. The lowest BCUT2D eigenvalue weighted by Gasteiger charge is -2.33. The fraction of sp³-hybridized carbons (Fsp3) is 0.296. The Labute approximate surface area is 193 Å². The fourth-order valence-corrected chi connectivity index (χ4v) is 4.80. The third kappa shape index (κ3) is 4.46. The first-order valence-electron chi connectivity index (χ1n) is 11.6. The molecular weight excluding hydrogens is 412 g/mol. The van der Waals surface area contributed by atoms with Gasteiger partial charge in [0.15, 0.2) is 5.65 Å². The summed E-state index contributed by atoms with van der Waals surface area (Å²) in [5, 5.41) is 0. The van der Waals surface area contributed by atoms with Crippen molar-refractivity contribution < 1.29 is 4.79 Å². The van der Waals surface area contributed by atoms with Crippen LogP contribution in [0.2, 0.25) is 0 Å². The lowest BCUT2D eigenvalue weighted by atomic mass is 10.0. The van der Waals surface area contributed by atoms with Crippen LogP contribution >= 0.6 is 0 Å². The van der Waals surface area contributed by atoms with Crippen LogP contribution in [0.1, 0.15) is 36.4 Å². The Morgan fingerprint density at radius 2 is 1.67 bits per heavy atom. The zero-order valence-electron chi connectivity index (χ0n) is 18.6. The number of benzene rings is 2. The number of hydrogen-bond donors (Lipinski definition) is 0. The Kier molecular flexibility index (Phi) is 6.07. The van der Waals surface area contributed by atoms with Gasteiger partial charge in [0.05, 0.1) is 18.1 Å². The van der Waals surface area contributed by atoms with E-state index in [1.54, 1.807) is 10.8 Å². The molecule has 0 bridgehead atoms. The summed E-state index contributed by atoms with van der Waals surface area (Å²) in [5.41, 5.74) is 3.71. The van der Waals surface area contributed by atoms with Gasteiger partial charge in [-0.15, -0.1) is 0 Å². The maximum absolute atomic E-state index is 13.6. The number of aromatic nitrogens is 3. The third-order valence-electron chi connectivity index (χ3n) is 6.49.